The number of amides is 1. The Kier molecular flexibility index (Phi) is 5.91. The Labute approximate surface area is 185 Å². The molecular weight excluding hydrogens is 412 g/mol. The van der Waals surface area contributed by atoms with Crippen LogP contribution in [0.5, 0.6) is 0 Å². The molecule has 0 N–H and O–H groups in total. The summed E-state index contributed by atoms with van der Waals surface area (Å²) >= 11 is 3.26. The molecule has 2 heterocycles. The maximum absolute atomic E-state index is 13.2. The number of thioether (sulfide) groups is 1. The molecule has 5 nitrogen and oxygen atoms in total. The van der Waals surface area contributed by atoms with Crippen LogP contribution in [0.4, 0.5) is 0 Å². The van der Waals surface area contributed by atoms with Crippen molar-refractivity contribution < 1.29 is 4.79 Å². The number of carbonyl (C=O) groups excluding carboxylic acids is 1. The summed E-state index contributed by atoms with van der Waals surface area (Å²) in [5, 5.41) is 11.9. The smallest absolute Gasteiger partial charge is 0.233 e. The first-order chi connectivity index (χ1) is 14.8. The fraction of sp³-hybridized carbons (Fsp3) is 0.435. The molecule has 0 aliphatic heterocycles. The Morgan fingerprint density at radius 1 is 1.10 bits per heavy atom. The van der Waals surface area contributed by atoms with Crippen molar-refractivity contribution in [1.29, 1.82) is 0 Å². The van der Waals surface area contributed by atoms with Crippen molar-refractivity contribution in [3.05, 3.63) is 64.1 Å². The molecule has 0 atom stereocenters. The van der Waals surface area contributed by atoms with Crippen molar-refractivity contribution in [1.82, 2.24) is 19.7 Å². The highest BCUT2D eigenvalue weighted by Crippen LogP contribution is 2.46. The van der Waals surface area contributed by atoms with E-state index >= 15 is 0 Å². The zero-order valence-corrected chi connectivity index (χ0v) is 18.6. The average molecular weight is 439 g/mol. The van der Waals surface area contributed by atoms with Crippen LogP contribution in [-0.2, 0) is 17.8 Å². The van der Waals surface area contributed by atoms with Crippen LogP contribution in [0.15, 0.2) is 53.0 Å². The topological polar surface area (TPSA) is 51.0 Å². The summed E-state index contributed by atoms with van der Waals surface area (Å²) < 4.78 is 2.32. The standard InChI is InChI=1S/C23H26N4OS2/c28-21(16-30-23-25-24-22(18-8-9-18)27(23)19-10-11-19)26(15-20-7-4-14-29-20)13-12-17-5-2-1-3-6-17/h1-7,14,18-19H,8-13,15-16H2. The van der Waals surface area contributed by atoms with Crippen LogP contribution in [0, 0.1) is 0 Å². The van der Waals surface area contributed by atoms with Crippen LogP contribution >= 0.6 is 23.1 Å². The first-order valence-electron chi connectivity index (χ1n) is 10.7. The molecule has 2 aliphatic rings. The highest BCUT2D eigenvalue weighted by molar-refractivity contribution is 7.99. The van der Waals surface area contributed by atoms with E-state index in [9.17, 15) is 4.79 Å². The Bertz CT molecular complexity index is 978. The highest BCUT2D eigenvalue weighted by atomic mass is 32.2. The first kappa shape index (κ1) is 19.8. The SMILES string of the molecule is O=C(CSc1nnc(C2CC2)n1C1CC1)N(CCc1ccccc1)Cc1cccs1. The Morgan fingerprint density at radius 3 is 2.63 bits per heavy atom. The number of carbonyl (C=O) groups is 1. The largest absolute Gasteiger partial charge is 0.336 e. The molecule has 30 heavy (non-hydrogen) atoms. The molecule has 0 radical (unpaired) electrons. The van der Waals surface area contributed by atoms with Crippen molar-refractivity contribution in [2.45, 2.75) is 55.8 Å². The van der Waals surface area contributed by atoms with E-state index in [1.54, 1.807) is 23.1 Å². The highest BCUT2D eigenvalue weighted by Gasteiger charge is 2.36. The third-order valence-corrected chi connectivity index (χ3v) is 7.45. The number of thiophene rings is 1. The maximum Gasteiger partial charge on any atom is 0.233 e. The van der Waals surface area contributed by atoms with E-state index in [0.717, 1.165) is 23.9 Å². The molecule has 2 aromatic heterocycles. The third kappa shape index (κ3) is 4.78. The number of rotatable bonds is 10. The number of hydrogen-bond donors (Lipinski definition) is 0. The zero-order valence-electron chi connectivity index (χ0n) is 16.9. The Balaban J connectivity index is 1.25. The Hall–Kier alpha value is -2.12. The summed E-state index contributed by atoms with van der Waals surface area (Å²) in [5.74, 6) is 2.31. The summed E-state index contributed by atoms with van der Waals surface area (Å²) in [5.41, 5.74) is 1.26. The minimum absolute atomic E-state index is 0.169. The lowest BCUT2D eigenvalue weighted by atomic mass is 10.1. The number of benzene rings is 1. The number of nitrogens with zero attached hydrogens (tertiary/aromatic N) is 4. The molecule has 7 heteroatoms. The number of aromatic nitrogens is 3. The van der Waals surface area contributed by atoms with Gasteiger partial charge in [-0.05, 0) is 49.1 Å². The van der Waals surface area contributed by atoms with Gasteiger partial charge in [0.2, 0.25) is 5.91 Å². The van der Waals surface area contributed by atoms with Crippen LogP contribution in [-0.4, -0.2) is 37.9 Å². The van der Waals surface area contributed by atoms with Gasteiger partial charge in [-0.3, -0.25) is 4.79 Å². The molecule has 0 spiro atoms. The molecule has 1 amide bonds. The van der Waals surface area contributed by atoms with E-state index in [2.05, 4.69) is 50.5 Å². The van der Waals surface area contributed by atoms with Crippen LogP contribution in [0.25, 0.3) is 0 Å². The third-order valence-electron chi connectivity index (χ3n) is 5.66. The van der Waals surface area contributed by atoms with E-state index in [-0.39, 0.29) is 5.91 Å². The normalized spacial score (nSPS) is 16.0. The zero-order chi connectivity index (χ0) is 20.3. The molecule has 2 fully saturated rings. The fourth-order valence-corrected chi connectivity index (χ4v) is 5.33. The van der Waals surface area contributed by atoms with Gasteiger partial charge in [0.05, 0.1) is 12.3 Å². The van der Waals surface area contributed by atoms with Gasteiger partial charge in [0.1, 0.15) is 5.82 Å². The summed E-state index contributed by atoms with van der Waals surface area (Å²) in [6, 6.07) is 15.1. The molecule has 2 saturated carbocycles. The Morgan fingerprint density at radius 2 is 1.93 bits per heavy atom. The number of hydrogen-bond acceptors (Lipinski definition) is 5. The summed E-state index contributed by atoms with van der Waals surface area (Å²) in [6.45, 7) is 1.40. The molecule has 0 unspecified atom stereocenters. The van der Waals surface area contributed by atoms with Crippen LogP contribution in [0.1, 0.15) is 53.9 Å². The molecule has 3 aromatic rings. The van der Waals surface area contributed by atoms with Gasteiger partial charge in [-0.2, -0.15) is 0 Å². The van der Waals surface area contributed by atoms with E-state index in [1.807, 2.05) is 17.0 Å². The second-order valence-corrected chi connectivity index (χ2v) is 10.1. The summed E-state index contributed by atoms with van der Waals surface area (Å²) in [7, 11) is 0. The maximum atomic E-state index is 13.2. The van der Waals surface area contributed by atoms with Crippen molar-refractivity contribution in [3.8, 4) is 0 Å². The second-order valence-electron chi connectivity index (χ2n) is 8.14. The quantitative estimate of drug-likeness (QED) is 0.422. The van der Waals surface area contributed by atoms with Gasteiger partial charge in [-0.25, -0.2) is 0 Å². The van der Waals surface area contributed by atoms with Crippen LogP contribution in [0.2, 0.25) is 0 Å². The van der Waals surface area contributed by atoms with Crippen molar-refractivity contribution in [2.24, 2.45) is 0 Å². The van der Waals surface area contributed by atoms with Gasteiger partial charge in [0.15, 0.2) is 5.16 Å². The predicted octanol–water partition coefficient (Wildman–Crippen LogP) is 4.92. The van der Waals surface area contributed by atoms with Crippen molar-refractivity contribution >= 4 is 29.0 Å². The lowest BCUT2D eigenvalue weighted by molar-refractivity contribution is -0.128. The van der Waals surface area contributed by atoms with E-state index in [1.165, 1.54) is 36.1 Å². The summed E-state index contributed by atoms with van der Waals surface area (Å²) in [4.78, 5) is 16.4. The van der Waals surface area contributed by atoms with E-state index < -0.39 is 0 Å². The average Bonchev–Trinajstić information content (AvgIpc) is 3.71. The van der Waals surface area contributed by atoms with Gasteiger partial charge >= 0.3 is 0 Å². The van der Waals surface area contributed by atoms with Crippen LogP contribution < -0.4 is 0 Å². The molecule has 0 bridgehead atoms. The van der Waals surface area contributed by atoms with Gasteiger partial charge in [0, 0.05) is 23.4 Å². The fourth-order valence-electron chi connectivity index (χ4n) is 3.69. The van der Waals surface area contributed by atoms with Gasteiger partial charge in [0.25, 0.3) is 0 Å². The van der Waals surface area contributed by atoms with Gasteiger partial charge in [-0.15, -0.1) is 21.5 Å². The molecule has 5 rings (SSSR count). The van der Waals surface area contributed by atoms with Crippen LogP contribution in [0.3, 0.4) is 0 Å². The van der Waals surface area contributed by atoms with Gasteiger partial charge < -0.3 is 9.47 Å². The van der Waals surface area contributed by atoms with E-state index in [4.69, 9.17) is 0 Å². The monoisotopic (exact) mass is 438 g/mol. The van der Waals surface area contributed by atoms with Crippen molar-refractivity contribution in [3.63, 3.8) is 0 Å². The minimum Gasteiger partial charge on any atom is -0.336 e. The molecule has 156 valence electrons. The minimum atomic E-state index is 0.169. The molecule has 0 saturated heterocycles. The van der Waals surface area contributed by atoms with Crippen molar-refractivity contribution in [2.75, 3.05) is 12.3 Å². The summed E-state index contributed by atoms with van der Waals surface area (Å²) in [6.07, 6.45) is 5.74. The van der Waals surface area contributed by atoms with Gasteiger partial charge in [-0.1, -0.05) is 48.2 Å². The van der Waals surface area contributed by atoms with E-state index in [0.29, 0.717) is 24.3 Å². The first-order valence-corrected chi connectivity index (χ1v) is 12.6. The molecular formula is C23H26N4OS2. The predicted molar refractivity (Wildman–Crippen MR) is 121 cm³/mol. The second kappa shape index (κ2) is 8.94. The molecule has 1 aromatic carbocycles. The lowest BCUT2D eigenvalue weighted by Gasteiger charge is -2.22. The molecule has 2 aliphatic carbocycles. The lowest BCUT2D eigenvalue weighted by Crippen LogP contribution is -2.33.